The van der Waals surface area contributed by atoms with E-state index in [1.54, 1.807) is 6.20 Å². The van der Waals surface area contributed by atoms with Crippen LogP contribution in [0.1, 0.15) is 30.9 Å². The van der Waals surface area contributed by atoms with Crippen molar-refractivity contribution in [3.8, 4) is 0 Å². The van der Waals surface area contributed by atoms with Gasteiger partial charge in [-0.05, 0) is 18.4 Å². The molecule has 1 aromatic rings. The Morgan fingerprint density at radius 3 is 2.60 bits per heavy atom. The van der Waals surface area contributed by atoms with Crippen molar-refractivity contribution in [1.82, 2.24) is 15.2 Å². The highest BCUT2D eigenvalue weighted by molar-refractivity contribution is 6.30. The summed E-state index contributed by atoms with van der Waals surface area (Å²) in [6.07, 6.45) is 5.80. The average Bonchev–Trinajstić information content (AvgIpc) is 3.22. The highest BCUT2D eigenvalue weighted by atomic mass is 35.5. The fourth-order valence-electron chi connectivity index (χ4n) is 2.78. The van der Waals surface area contributed by atoms with Crippen molar-refractivity contribution in [2.24, 2.45) is 5.92 Å². The van der Waals surface area contributed by atoms with E-state index in [4.69, 9.17) is 11.6 Å². The number of rotatable bonds is 4. The van der Waals surface area contributed by atoms with Gasteiger partial charge in [-0.2, -0.15) is 0 Å². The summed E-state index contributed by atoms with van der Waals surface area (Å²) >= 11 is 6.29. The highest BCUT2D eigenvalue weighted by Gasteiger charge is 2.31. The van der Waals surface area contributed by atoms with Crippen LogP contribution < -0.4 is 5.32 Å². The van der Waals surface area contributed by atoms with Crippen molar-refractivity contribution in [3.05, 3.63) is 29.0 Å². The number of nitrogens with zero attached hydrogens (tertiary/aromatic N) is 2. The van der Waals surface area contributed by atoms with Crippen molar-refractivity contribution in [2.45, 2.75) is 25.3 Å². The molecule has 2 heterocycles. The molecule has 1 aliphatic carbocycles. The van der Waals surface area contributed by atoms with Gasteiger partial charge in [-0.1, -0.05) is 30.5 Å². The van der Waals surface area contributed by atoms with Crippen LogP contribution in [0.15, 0.2) is 18.3 Å². The minimum atomic E-state index is 0. The molecule has 1 saturated carbocycles. The first-order valence-corrected chi connectivity index (χ1v) is 7.27. The standard InChI is InChI=1S/C14H20ClN3.2ClH/c15-14-12(2-1-5-17-14)13(10-11-3-4-11)18-8-6-16-7-9-18;;/h1-2,5,11,13,16H,3-4,6-10H2;2*1H/t13-;;/m1../s1. The van der Waals surface area contributed by atoms with Crippen LogP contribution in [0.25, 0.3) is 0 Å². The first kappa shape index (κ1) is 18.0. The van der Waals surface area contributed by atoms with E-state index < -0.39 is 0 Å². The van der Waals surface area contributed by atoms with Gasteiger partial charge in [0.15, 0.2) is 0 Å². The topological polar surface area (TPSA) is 28.2 Å². The molecule has 1 N–H and O–H groups in total. The number of aromatic nitrogens is 1. The lowest BCUT2D eigenvalue weighted by Crippen LogP contribution is -2.45. The van der Waals surface area contributed by atoms with Crippen LogP contribution in [0.3, 0.4) is 0 Å². The maximum Gasteiger partial charge on any atom is 0.133 e. The Bertz CT molecular complexity index is 406. The summed E-state index contributed by atoms with van der Waals surface area (Å²) in [5.41, 5.74) is 1.22. The maximum absolute atomic E-state index is 6.29. The van der Waals surface area contributed by atoms with Gasteiger partial charge in [0.2, 0.25) is 0 Å². The molecule has 0 amide bonds. The number of nitrogens with one attached hydrogen (secondary N) is 1. The zero-order valence-electron chi connectivity index (χ0n) is 11.4. The predicted octanol–water partition coefficient (Wildman–Crippen LogP) is 3.33. The Kier molecular flexibility index (Phi) is 7.56. The van der Waals surface area contributed by atoms with Crippen LogP contribution in [-0.4, -0.2) is 36.1 Å². The number of hydrogen-bond acceptors (Lipinski definition) is 3. The van der Waals surface area contributed by atoms with Gasteiger partial charge in [0.1, 0.15) is 5.15 Å². The van der Waals surface area contributed by atoms with Crippen molar-refractivity contribution in [1.29, 1.82) is 0 Å². The molecule has 1 aromatic heterocycles. The molecule has 20 heavy (non-hydrogen) atoms. The summed E-state index contributed by atoms with van der Waals surface area (Å²) in [4.78, 5) is 6.81. The smallest absolute Gasteiger partial charge is 0.133 e. The summed E-state index contributed by atoms with van der Waals surface area (Å²) in [5.74, 6) is 0.904. The van der Waals surface area contributed by atoms with Gasteiger partial charge in [-0.3, -0.25) is 4.90 Å². The summed E-state index contributed by atoms with van der Waals surface area (Å²) in [7, 11) is 0. The van der Waals surface area contributed by atoms with E-state index in [1.807, 2.05) is 6.07 Å². The zero-order chi connectivity index (χ0) is 12.4. The molecule has 0 radical (unpaired) electrons. The van der Waals surface area contributed by atoms with E-state index in [0.717, 1.165) is 32.1 Å². The number of halogens is 3. The molecular weight excluding hydrogens is 317 g/mol. The molecule has 114 valence electrons. The van der Waals surface area contributed by atoms with Gasteiger partial charge in [0.25, 0.3) is 0 Å². The molecule has 0 aromatic carbocycles. The van der Waals surface area contributed by atoms with Gasteiger partial charge in [0.05, 0.1) is 0 Å². The average molecular weight is 339 g/mol. The molecule has 2 fully saturated rings. The minimum absolute atomic E-state index is 0. The largest absolute Gasteiger partial charge is 0.314 e. The fourth-order valence-corrected chi connectivity index (χ4v) is 3.03. The Hall–Kier alpha value is -0.0600. The molecule has 6 heteroatoms. The lowest BCUT2D eigenvalue weighted by atomic mass is 10.0. The fraction of sp³-hybridized carbons (Fsp3) is 0.643. The van der Waals surface area contributed by atoms with Crippen LogP contribution in [-0.2, 0) is 0 Å². The molecule has 3 rings (SSSR count). The van der Waals surface area contributed by atoms with E-state index in [9.17, 15) is 0 Å². The lowest BCUT2D eigenvalue weighted by Gasteiger charge is -2.35. The lowest BCUT2D eigenvalue weighted by molar-refractivity contribution is 0.160. The van der Waals surface area contributed by atoms with Gasteiger partial charge < -0.3 is 5.32 Å². The third-order valence-electron chi connectivity index (χ3n) is 3.99. The molecule has 1 aliphatic heterocycles. The molecule has 0 bridgehead atoms. The highest BCUT2D eigenvalue weighted by Crippen LogP contribution is 2.41. The second-order valence-corrected chi connectivity index (χ2v) is 5.72. The third kappa shape index (κ3) is 4.47. The van der Waals surface area contributed by atoms with Crippen LogP contribution in [0.5, 0.6) is 0 Å². The summed E-state index contributed by atoms with van der Waals surface area (Å²) < 4.78 is 0. The van der Waals surface area contributed by atoms with E-state index in [0.29, 0.717) is 11.2 Å². The van der Waals surface area contributed by atoms with Gasteiger partial charge in [-0.15, -0.1) is 24.8 Å². The molecule has 2 aliphatic rings. The number of piperazine rings is 1. The van der Waals surface area contributed by atoms with Crippen molar-refractivity contribution >= 4 is 36.4 Å². The van der Waals surface area contributed by atoms with Crippen molar-refractivity contribution < 1.29 is 0 Å². The summed E-state index contributed by atoms with van der Waals surface area (Å²) in [6, 6.07) is 4.61. The van der Waals surface area contributed by atoms with Gasteiger partial charge in [0, 0.05) is 44.0 Å². The summed E-state index contributed by atoms with van der Waals surface area (Å²) in [6.45, 7) is 4.39. The monoisotopic (exact) mass is 337 g/mol. The normalized spacial score (nSPS) is 20.6. The first-order chi connectivity index (χ1) is 8.84. The number of hydrogen-bond donors (Lipinski definition) is 1. The molecule has 1 saturated heterocycles. The van der Waals surface area contributed by atoms with Crippen molar-refractivity contribution in [2.75, 3.05) is 26.2 Å². The van der Waals surface area contributed by atoms with Gasteiger partial charge >= 0.3 is 0 Å². The Morgan fingerprint density at radius 1 is 1.30 bits per heavy atom. The van der Waals surface area contributed by atoms with Crippen LogP contribution in [0.4, 0.5) is 0 Å². The molecule has 3 nitrogen and oxygen atoms in total. The molecule has 0 spiro atoms. The second-order valence-electron chi connectivity index (χ2n) is 5.36. The van der Waals surface area contributed by atoms with E-state index in [1.165, 1.54) is 24.8 Å². The SMILES string of the molecule is Cl.Cl.Clc1ncccc1[C@@H](CC1CC1)N1CCNCC1. The Labute approximate surface area is 138 Å². The molecule has 0 unspecified atom stereocenters. The zero-order valence-corrected chi connectivity index (χ0v) is 13.8. The van der Waals surface area contributed by atoms with Crippen LogP contribution in [0.2, 0.25) is 5.15 Å². The van der Waals surface area contributed by atoms with E-state index in [2.05, 4.69) is 21.3 Å². The molecule has 1 atom stereocenters. The van der Waals surface area contributed by atoms with E-state index >= 15 is 0 Å². The molecular formula is C14H22Cl3N3. The van der Waals surface area contributed by atoms with Gasteiger partial charge in [-0.25, -0.2) is 4.98 Å². The minimum Gasteiger partial charge on any atom is -0.314 e. The third-order valence-corrected chi connectivity index (χ3v) is 4.31. The quantitative estimate of drug-likeness (QED) is 0.854. The maximum atomic E-state index is 6.29. The van der Waals surface area contributed by atoms with Crippen LogP contribution in [0, 0.1) is 5.92 Å². The van der Waals surface area contributed by atoms with E-state index in [-0.39, 0.29) is 24.8 Å². The van der Waals surface area contributed by atoms with Crippen LogP contribution >= 0.6 is 36.4 Å². The van der Waals surface area contributed by atoms with Crippen molar-refractivity contribution in [3.63, 3.8) is 0 Å². The first-order valence-electron chi connectivity index (χ1n) is 6.90. The number of pyridine rings is 1. The second kappa shape index (κ2) is 8.40. The Morgan fingerprint density at radius 2 is 2.00 bits per heavy atom. The predicted molar refractivity (Wildman–Crippen MR) is 88.3 cm³/mol. The Balaban J connectivity index is 0.000001000. The summed E-state index contributed by atoms with van der Waals surface area (Å²) in [5, 5.41) is 4.10.